The molecule has 0 bridgehead atoms. The molecule has 0 fully saturated rings. The first kappa shape index (κ1) is 3.56. The van der Waals surface area contributed by atoms with Crippen LogP contribution in [0.2, 0.25) is 0 Å². The number of rotatable bonds is 1. The first-order chi connectivity index (χ1) is 2.93. The lowest BCUT2D eigenvalue weighted by molar-refractivity contribution is 0.336. The van der Waals surface area contributed by atoms with E-state index < -0.39 is 0 Å². The van der Waals surface area contributed by atoms with Crippen LogP contribution in [0.1, 0.15) is 0 Å². The van der Waals surface area contributed by atoms with Crippen molar-refractivity contribution >= 4 is 6.21 Å². The lowest BCUT2D eigenvalue weighted by Gasteiger charge is -1.97. The second-order valence-corrected chi connectivity index (χ2v) is 1.14. The summed E-state index contributed by atoms with van der Waals surface area (Å²) in [4.78, 5) is 3.62. The average Bonchev–Trinajstić information content (AvgIpc) is 1.31. The van der Waals surface area contributed by atoms with Crippen LogP contribution < -0.4 is 0 Å². The van der Waals surface area contributed by atoms with Gasteiger partial charge in [0.2, 0.25) is 0 Å². The standard InChI is InChI=1S/C4H5NO/c6-3-4-1-5-2-4/h1-2,6H,3H2. The molecule has 0 amide bonds. The van der Waals surface area contributed by atoms with Gasteiger partial charge in [-0.2, -0.15) is 0 Å². The van der Waals surface area contributed by atoms with E-state index in [4.69, 9.17) is 5.11 Å². The Kier molecular flexibility index (Phi) is 0.725. The molecule has 1 aliphatic heterocycles. The summed E-state index contributed by atoms with van der Waals surface area (Å²) in [5.41, 5.74) is 0.912. The summed E-state index contributed by atoms with van der Waals surface area (Å²) < 4.78 is 0. The molecule has 0 radical (unpaired) electrons. The zero-order valence-corrected chi connectivity index (χ0v) is 3.26. The van der Waals surface area contributed by atoms with Crippen LogP contribution in [0.25, 0.3) is 0 Å². The maximum atomic E-state index is 8.23. The molecule has 1 N–H and O–H groups in total. The number of aliphatic hydroxyl groups excluding tert-OH is 1. The van der Waals surface area contributed by atoms with Crippen LogP contribution in [-0.4, -0.2) is 17.9 Å². The van der Waals surface area contributed by atoms with E-state index in [0.29, 0.717) is 0 Å². The minimum Gasteiger partial charge on any atom is -0.392 e. The fourth-order valence-electron chi connectivity index (χ4n) is 0.262. The summed E-state index contributed by atoms with van der Waals surface area (Å²) in [5.74, 6) is 0. The Morgan fingerprint density at radius 3 is 2.50 bits per heavy atom. The summed E-state index contributed by atoms with van der Waals surface area (Å²) >= 11 is 0. The van der Waals surface area contributed by atoms with Crippen molar-refractivity contribution in [3.05, 3.63) is 11.8 Å². The minimum absolute atomic E-state index is 0.128. The number of aliphatic hydroxyl groups is 1. The Labute approximate surface area is 35.8 Å². The van der Waals surface area contributed by atoms with Gasteiger partial charge >= 0.3 is 0 Å². The first-order valence-corrected chi connectivity index (χ1v) is 1.76. The monoisotopic (exact) mass is 83.0 g/mol. The van der Waals surface area contributed by atoms with Crippen LogP contribution in [0.15, 0.2) is 16.8 Å². The molecule has 0 aromatic carbocycles. The van der Waals surface area contributed by atoms with Gasteiger partial charge in [-0.3, -0.25) is 4.99 Å². The third kappa shape index (κ3) is 0.348. The normalized spacial score (nSPS) is 16.5. The second kappa shape index (κ2) is 1.22. The SMILES string of the molecule is OCC1=CN=C1. The molecule has 6 heavy (non-hydrogen) atoms. The molecular weight excluding hydrogens is 78.0 g/mol. The van der Waals surface area contributed by atoms with Crippen LogP contribution in [0.3, 0.4) is 0 Å². The molecule has 0 aromatic rings. The third-order valence-electron chi connectivity index (χ3n) is 0.663. The largest absolute Gasteiger partial charge is 0.392 e. The van der Waals surface area contributed by atoms with Gasteiger partial charge in [0.1, 0.15) is 0 Å². The highest BCUT2D eigenvalue weighted by Crippen LogP contribution is 1.96. The first-order valence-electron chi connectivity index (χ1n) is 1.76. The van der Waals surface area contributed by atoms with Gasteiger partial charge in [-0.1, -0.05) is 0 Å². The maximum Gasteiger partial charge on any atom is 0.0712 e. The van der Waals surface area contributed by atoms with Crippen LogP contribution in [0.4, 0.5) is 0 Å². The van der Waals surface area contributed by atoms with Gasteiger partial charge in [0.15, 0.2) is 0 Å². The zero-order chi connectivity index (χ0) is 4.41. The molecule has 2 nitrogen and oxygen atoms in total. The molecule has 0 aromatic heterocycles. The van der Waals surface area contributed by atoms with E-state index in [-0.39, 0.29) is 6.61 Å². The highest BCUT2D eigenvalue weighted by atomic mass is 16.3. The highest BCUT2D eigenvalue weighted by Gasteiger charge is 1.92. The second-order valence-electron chi connectivity index (χ2n) is 1.14. The van der Waals surface area contributed by atoms with Crippen molar-refractivity contribution in [1.82, 2.24) is 0 Å². The molecule has 0 aliphatic carbocycles. The van der Waals surface area contributed by atoms with Crippen molar-refractivity contribution in [2.75, 3.05) is 6.61 Å². The van der Waals surface area contributed by atoms with Crippen molar-refractivity contribution < 1.29 is 5.11 Å². The van der Waals surface area contributed by atoms with Crippen LogP contribution in [-0.2, 0) is 0 Å². The Morgan fingerprint density at radius 2 is 2.50 bits per heavy atom. The van der Waals surface area contributed by atoms with Crippen molar-refractivity contribution in [3.8, 4) is 0 Å². The Bertz CT molecular complexity index is 104. The van der Waals surface area contributed by atoms with Gasteiger partial charge in [0.05, 0.1) is 6.61 Å². The molecule has 1 aliphatic rings. The van der Waals surface area contributed by atoms with Gasteiger partial charge in [0, 0.05) is 18.0 Å². The Morgan fingerprint density at radius 1 is 1.83 bits per heavy atom. The molecule has 2 heteroatoms. The molecule has 0 atom stereocenters. The van der Waals surface area contributed by atoms with Crippen molar-refractivity contribution in [2.24, 2.45) is 4.99 Å². The van der Waals surface area contributed by atoms with Crippen molar-refractivity contribution in [3.63, 3.8) is 0 Å². The van der Waals surface area contributed by atoms with Gasteiger partial charge < -0.3 is 5.11 Å². The molecule has 0 spiro atoms. The average molecular weight is 83.1 g/mol. The van der Waals surface area contributed by atoms with E-state index in [1.165, 1.54) is 0 Å². The van der Waals surface area contributed by atoms with Crippen LogP contribution in [0, 0.1) is 0 Å². The molecule has 0 unspecified atom stereocenters. The number of hydrogen-bond donors (Lipinski definition) is 1. The van der Waals surface area contributed by atoms with Crippen LogP contribution >= 0.6 is 0 Å². The fraction of sp³-hybridized carbons (Fsp3) is 0.250. The molecular formula is C4H5NO. The van der Waals surface area contributed by atoms with Crippen molar-refractivity contribution in [2.45, 2.75) is 0 Å². The topological polar surface area (TPSA) is 32.6 Å². The van der Waals surface area contributed by atoms with E-state index >= 15 is 0 Å². The lowest BCUT2D eigenvalue weighted by atomic mass is 10.3. The Balaban J connectivity index is 2.37. The van der Waals surface area contributed by atoms with Crippen LogP contribution in [0.5, 0.6) is 0 Å². The van der Waals surface area contributed by atoms with E-state index in [0.717, 1.165) is 5.57 Å². The minimum atomic E-state index is 0.128. The van der Waals surface area contributed by atoms with E-state index in [1.807, 2.05) is 0 Å². The summed E-state index contributed by atoms with van der Waals surface area (Å²) in [6.45, 7) is 0.128. The van der Waals surface area contributed by atoms with Gasteiger partial charge in [0.25, 0.3) is 0 Å². The molecule has 0 saturated carbocycles. The van der Waals surface area contributed by atoms with Crippen molar-refractivity contribution in [1.29, 1.82) is 0 Å². The number of hydrogen-bond acceptors (Lipinski definition) is 2. The fourth-order valence-corrected chi connectivity index (χ4v) is 0.262. The quantitative estimate of drug-likeness (QED) is 0.473. The third-order valence-corrected chi connectivity index (χ3v) is 0.663. The molecule has 0 saturated heterocycles. The molecule has 1 rings (SSSR count). The zero-order valence-electron chi connectivity index (χ0n) is 3.26. The summed E-state index contributed by atoms with van der Waals surface area (Å²) in [6, 6.07) is 0. The summed E-state index contributed by atoms with van der Waals surface area (Å²) in [7, 11) is 0. The van der Waals surface area contributed by atoms with Gasteiger partial charge in [-0.25, -0.2) is 0 Å². The van der Waals surface area contributed by atoms with Gasteiger partial charge in [-0.05, 0) is 0 Å². The predicted octanol–water partition coefficient (Wildman–Crippen LogP) is -0.0530. The number of nitrogens with zero attached hydrogens (tertiary/aromatic N) is 1. The summed E-state index contributed by atoms with van der Waals surface area (Å²) in [5, 5.41) is 8.23. The summed E-state index contributed by atoms with van der Waals surface area (Å²) in [6.07, 6.45) is 3.28. The van der Waals surface area contributed by atoms with E-state index in [2.05, 4.69) is 4.99 Å². The van der Waals surface area contributed by atoms with E-state index in [1.54, 1.807) is 12.4 Å². The van der Waals surface area contributed by atoms with E-state index in [9.17, 15) is 0 Å². The number of aliphatic imine (C=N–C) groups is 1. The Hall–Kier alpha value is -0.630. The van der Waals surface area contributed by atoms with Gasteiger partial charge in [-0.15, -0.1) is 0 Å². The lowest BCUT2D eigenvalue weighted by Crippen LogP contribution is -1.96. The highest BCUT2D eigenvalue weighted by molar-refractivity contribution is 5.84. The molecule has 32 valence electrons. The predicted molar refractivity (Wildman–Crippen MR) is 23.7 cm³/mol. The smallest absolute Gasteiger partial charge is 0.0712 e. The molecule has 1 heterocycles. The maximum absolute atomic E-state index is 8.23.